The van der Waals surface area contributed by atoms with Gasteiger partial charge in [-0.05, 0) is 81.1 Å². The highest BCUT2D eigenvalue weighted by Crippen LogP contribution is 2.43. The van der Waals surface area contributed by atoms with Crippen LogP contribution in [0.3, 0.4) is 0 Å². The van der Waals surface area contributed by atoms with Gasteiger partial charge in [-0.3, -0.25) is 9.69 Å². The van der Waals surface area contributed by atoms with Gasteiger partial charge < -0.3 is 10.1 Å². The molecule has 1 N–H and O–H groups in total. The minimum atomic E-state index is -0.219. The number of rotatable bonds is 4. The van der Waals surface area contributed by atoms with Crippen LogP contribution in [0.2, 0.25) is 0 Å². The SMILES string of the molecule is CCOc1ccc(C(=O)Nc2ccc3c(c2)C2(C)CCCN2CC3)cc1C#N.[HH]. The summed E-state index contributed by atoms with van der Waals surface area (Å²) in [6.07, 6.45) is 3.43. The second kappa shape index (κ2) is 7.29. The van der Waals surface area contributed by atoms with Crippen molar-refractivity contribution in [2.45, 2.75) is 38.6 Å². The number of anilines is 1. The van der Waals surface area contributed by atoms with Gasteiger partial charge in [0.2, 0.25) is 0 Å². The first-order valence-corrected chi connectivity index (χ1v) is 9.92. The highest BCUT2D eigenvalue weighted by Gasteiger charge is 2.41. The van der Waals surface area contributed by atoms with Crippen molar-refractivity contribution in [3.05, 3.63) is 58.7 Å². The summed E-state index contributed by atoms with van der Waals surface area (Å²) in [5, 5.41) is 12.3. The van der Waals surface area contributed by atoms with Crippen LogP contribution in [-0.2, 0) is 12.0 Å². The van der Waals surface area contributed by atoms with Gasteiger partial charge >= 0.3 is 0 Å². The average molecular weight is 377 g/mol. The van der Waals surface area contributed by atoms with Crippen molar-refractivity contribution in [3.63, 3.8) is 0 Å². The topological polar surface area (TPSA) is 65.4 Å². The van der Waals surface area contributed by atoms with Gasteiger partial charge in [0.15, 0.2) is 0 Å². The van der Waals surface area contributed by atoms with Crippen molar-refractivity contribution in [1.82, 2.24) is 4.90 Å². The van der Waals surface area contributed by atoms with Crippen LogP contribution in [0, 0.1) is 11.3 Å². The molecule has 2 aliphatic heterocycles. The summed E-state index contributed by atoms with van der Waals surface area (Å²) in [4.78, 5) is 15.3. The lowest BCUT2D eigenvalue weighted by molar-refractivity contribution is 0.102. The molecule has 2 aliphatic rings. The fraction of sp³-hybridized carbons (Fsp3) is 0.391. The molecule has 2 aromatic rings. The van der Waals surface area contributed by atoms with Crippen LogP contribution in [-0.4, -0.2) is 30.5 Å². The zero-order chi connectivity index (χ0) is 19.7. The first kappa shape index (κ1) is 18.5. The Morgan fingerprint density at radius 2 is 2.18 bits per heavy atom. The van der Waals surface area contributed by atoms with Gasteiger partial charge in [-0.1, -0.05) is 6.07 Å². The highest BCUT2D eigenvalue weighted by molar-refractivity contribution is 6.04. The number of amides is 1. The van der Waals surface area contributed by atoms with Gasteiger partial charge in [0, 0.05) is 24.8 Å². The van der Waals surface area contributed by atoms with Crippen LogP contribution in [0.5, 0.6) is 5.75 Å². The van der Waals surface area contributed by atoms with Crippen molar-refractivity contribution in [2.75, 3.05) is 25.0 Å². The number of hydrogen-bond acceptors (Lipinski definition) is 4. The smallest absolute Gasteiger partial charge is 0.255 e. The van der Waals surface area contributed by atoms with E-state index in [9.17, 15) is 10.1 Å². The Morgan fingerprint density at radius 3 is 2.96 bits per heavy atom. The Hall–Kier alpha value is -2.84. The molecular formula is C23H27N3O2. The summed E-state index contributed by atoms with van der Waals surface area (Å²) in [5.41, 5.74) is 4.40. The highest BCUT2D eigenvalue weighted by atomic mass is 16.5. The molecule has 0 spiro atoms. The fourth-order valence-corrected chi connectivity index (χ4v) is 4.55. The number of fused-ring (bicyclic) bond motifs is 3. The average Bonchev–Trinajstić information content (AvgIpc) is 3.10. The minimum Gasteiger partial charge on any atom is -0.492 e. The molecule has 1 saturated heterocycles. The molecule has 1 unspecified atom stereocenters. The third-order valence-electron chi connectivity index (χ3n) is 6.05. The maximum Gasteiger partial charge on any atom is 0.255 e. The van der Waals surface area contributed by atoms with Crippen LogP contribution in [0.4, 0.5) is 5.69 Å². The molecule has 0 aromatic heterocycles. The Labute approximate surface area is 167 Å². The molecule has 0 aliphatic carbocycles. The van der Waals surface area contributed by atoms with E-state index in [2.05, 4.69) is 35.3 Å². The summed E-state index contributed by atoms with van der Waals surface area (Å²) >= 11 is 0. The molecule has 5 nitrogen and oxygen atoms in total. The molecule has 0 bridgehead atoms. The number of benzene rings is 2. The summed E-state index contributed by atoms with van der Waals surface area (Å²) < 4.78 is 5.44. The van der Waals surface area contributed by atoms with Crippen LogP contribution in [0.15, 0.2) is 36.4 Å². The first-order chi connectivity index (χ1) is 13.5. The van der Waals surface area contributed by atoms with Crippen LogP contribution >= 0.6 is 0 Å². The Balaban J connectivity index is 0.00000240. The van der Waals surface area contributed by atoms with Crippen LogP contribution < -0.4 is 10.1 Å². The molecular weight excluding hydrogens is 350 g/mol. The minimum absolute atomic E-state index is 0. The van der Waals surface area contributed by atoms with Gasteiger partial charge in [-0.25, -0.2) is 0 Å². The molecule has 5 heteroatoms. The predicted molar refractivity (Wildman–Crippen MR) is 111 cm³/mol. The number of carbonyl (C=O) groups is 1. The number of hydrogen-bond donors (Lipinski definition) is 1. The number of nitrogens with one attached hydrogen (secondary N) is 1. The molecule has 4 rings (SSSR count). The molecule has 0 saturated carbocycles. The summed E-state index contributed by atoms with van der Waals surface area (Å²) in [6, 6.07) is 13.3. The van der Waals surface area contributed by atoms with E-state index in [1.54, 1.807) is 18.2 Å². The largest absolute Gasteiger partial charge is 0.492 e. The molecule has 28 heavy (non-hydrogen) atoms. The van der Waals surface area contributed by atoms with Gasteiger partial charge in [0.25, 0.3) is 5.91 Å². The van der Waals surface area contributed by atoms with E-state index in [1.165, 1.54) is 17.5 Å². The first-order valence-electron chi connectivity index (χ1n) is 9.92. The predicted octanol–water partition coefficient (Wildman–Crippen LogP) is 4.32. The zero-order valence-corrected chi connectivity index (χ0v) is 16.4. The molecule has 2 aromatic carbocycles. The van der Waals surface area contributed by atoms with Crippen LogP contribution in [0.25, 0.3) is 0 Å². The number of ether oxygens (including phenoxy) is 1. The molecule has 146 valence electrons. The molecule has 2 heterocycles. The standard InChI is InChI=1S/C23H25N3O2.H2/c1-3-28-21-8-6-17(13-18(21)15-24)22(27)25-19-7-5-16-9-12-26-11-4-10-23(26,2)20(16)14-19;/h5-8,13-14H,3-4,9-12H2,1-2H3,(H,25,27);1H. The van der Waals surface area contributed by atoms with Crippen molar-refractivity contribution in [1.29, 1.82) is 5.26 Å². The Kier molecular flexibility index (Phi) is 4.82. The van der Waals surface area contributed by atoms with Gasteiger partial charge in [0.1, 0.15) is 11.8 Å². The van der Waals surface area contributed by atoms with E-state index in [4.69, 9.17) is 4.74 Å². The molecule has 1 atom stereocenters. The Morgan fingerprint density at radius 1 is 1.32 bits per heavy atom. The van der Waals surface area contributed by atoms with Crippen molar-refractivity contribution >= 4 is 11.6 Å². The molecule has 1 amide bonds. The van der Waals surface area contributed by atoms with Gasteiger partial charge in [0.05, 0.1) is 12.2 Å². The maximum absolute atomic E-state index is 12.8. The molecule has 0 radical (unpaired) electrons. The number of nitriles is 1. The normalized spacial score (nSPS) is 20.8. The lowest BCUT2D eigenvalue weighted by Gasteiger charge is -2.41. The maximum atomic E-state index is 12.8. The van der Waals surface area contributed by atoms with E-state index < -0.39 is 0 Å². The lowest BCUT2D eigenvalue weighted by atomic mass is 9.81. The fourth-order valence-electron chi connectivity index (χ4n) is 4.55. The van der Waals surface area contributed by atoms with Crippen LogP contribution in [0.1, 0.15) is 55.2 Å². The van der Waals surface area contributed by atoms with E-state index in [-0.39, 0.29) is 12.9 Å². The third-order valence-corrected chi connectivity index (χ3v) is 6.05. The van der Waals surface area contributed by atoms with E-state index in [0.717, 1.165) is 31.6 Å². The van der Waals surface area contributed by atoms with E-state index in [0.29, 0.717) is 23.5 Å². The van der Waals surface area contributed by atoms with Crippen molar-refractivity contribution in [2.24, 2.45) is 0 Å². The lowest BCUT2D eigenvalue weighted by Crippen LogP contribution is -2.44. The monoisotopic (exact) mass is 377 g/mol. The quantitative estimate of drug-likeness (QED) is 0.862. The number of nitrogens with zero attached hydrogens (tertiary/aromatic N) is 2. The van der Waals surface area contributed by atoms with Crippen molar-refractivity contribution in [3.8, 4) is 11.8 Å². The zero-order valence-electron chi connectivity index (χ0n) is 16.4. The summed E-state index contributed by atoms with van der Waals surface area (Å²) in [5.74, 6) is 0.285. The third kappa shape index (κ3) is 3.14. The van der Waals surface area contributed by atoms with Crippen molar-refractivity contribution < 1.29 is 11.0 Å². The Bertz CT molecular complexity index is 969. The summed E-state index contributed by atoms with van der Waals surface area (Å²) in [7, 11) is 0. The van der Waals surface area contributed by atoms with Gasteiger partial charge in [-0.2, -0.15) is 5.26 Å². The van der Waals surface area contributed by atoms with E-state index >= 15 is 0 Å². The molecule has 1 fully saturated rings. The summed E-state index contributed by atoms with van der Waals surface area (Å²) in [6.45, 7) is 6.91. The second-order valence-corrected chi connectivity index (χ2v) is 7.70. The van der Waals surface area contributed by atoms with E-state index in [1.807, 2.05) is 13.0 Å². The second-order valence-electron chi connectivity index (χ2n) is 7.70. The van der Waals surface area contributed by atoms with Gasteiger partial charge in [-0.15, -0.1) is 0 Å². The number of carbonyl (C=O) groups excluding carboxylic acids is 1.